The zero-order valence-electron chi connectivity index (χ0n) is 11.5. The lowest BCUT2D eigenvalue weighted by Crippen LogP contribution is -2.21. The standard InChI is InChI=1S/C16H19BrN2/c1-18-15-9-5-7-13(11-15)16(19(2)3)12-6-4-8-14(17)10-12/h4-11,16,18H,1-3H3. The van der Waals surface area contributed by atoms with Crippen molar-refractivity contribution in [3.8, 4) is 0 Å². The van der Waals surface area contributed by atoms with Crippen molar-refractivity contribution in [3.05, 3.63) is 64.1 Å². The highest BCUT2D eigenvalue weighted by Gasteiger charge is 2.16. The van der Waals surface area contributed by atoms with E-state index < -0.39 is 0 Å². The minimum Gasteiger partial charge on any atom is -0.388 e. The van der Waals surface area contributed by atoms with Crippen LogP contribution in [-0.2, 0) is 0 Å². The Bertz CT molecular complexity index is 552. The highest BCUT2D eigenvalue weighted by atomic mass is 79.9. The molecule has 0 saturated carbocycles. The quantitative estimate of drug-likeness (QED) is 0.911. The summed E-state index contributed by atoms with van der Waals surface area (Å²) in [6.45, 7) is 0. The molecule has 19 heavy (non-hydrogen) atoms. The molecule has 1 unspecified atom stereocenters. The van der Waals surface area contributed by atoms with Crippen molar-refractivity contribution in [2.45, 2.75) is 6.04 Å². The smallest absolute Gasteiger partial charge is 0.0598 e. The summed E-state index contributed by atoms with van der Waals surface area (Å²) in [5.41, 5.74) is 3.71. The van der Waals surface area contributed by atoms with Crippen LogP contribution in [0, 0.1) is 0 Å². The average Bonchev–Trinajstić information content (AvgIpc) is 2.39. The van der Waals surface area contributed by atoms with E-state index in [0.29, 0.717) is 0 Å². The highest BCUT2D eigenvalue weighted by molar-refractivity contribution is 9.10. The van der Waals surface area contributed by atoms with Crippen LogP contribution in [0.25, 0.3) is 0 Å². The molecule has 1 N–H and O–H groups in total. The molecule has 0 saturated heterocycles. The van der Waals surface area contributed by atoms with Gasteiger partial charge in [0.1, 0.15) is 0 Å². The Morgan fingerprint density at radius 2 is 1.63 bits per heavy atom. The maximum atomic E-state index is 3.55. The third-order valence-electron chi connectivity index (χ3n) is 3.17. The Morgan fingerprint density at radius 1 is 1.00 bits per heavy atom. The summed E-state index contributed by atoms with van der Waals surface area (Å²) in [6, 6.07) is 17.3. The van der Waals surface area contributed by atoms with Gasteiger partial charge in [-0.2, -0.15) is 0 Å². The van der Waals surface area contributed by atoms with Gasteiger partial charge in [0, 0.05) is 17.2 Å². The molecule has 0 aliphatic rings. The van der Waals surface area contributed by atoms with Crippen LogP contribution in [0.1, 0.15) is 17.2 Å². The Kier molecular flexibility index (Phi) is 4.61. The summed E-state index contributed by atoms with van der Waals surface area (Å²) in [7, 11) is 6.16. The van der Waals surface area contributed by atoms with Gasteiger partial charge in [0.05, 0.1) is 6.04 Å². The van der Waals surface area contributed by atoms with Crippen LogP contribution in [-0.4, -0.2) is 26.0 Å². The van der Waals surface area contributed by atoms with E-state index in [2.05, 4.69) is 88.8 Å². The van der Waals surface area contributed by atoms with E-state index in [-0.39, 0.29) is 6.04 Å². The fraction of sp³-hybridized carbons (Fsp3) is 0.250. The molecule has 0 aromatic heterocycles. The maximum Gasteiger partial charge on any atom is 0.0598 e. The second kappa shape index (κ2) is 6.22. The molecule has 2 rings (SSSR count). The summed E-state index contributed by atoms with van der Waals surface area (Å²) in [6.07, 6.45) is 0. The molecule has 0 bridgehead atoms. The number of nitrogens with one attached hydrogen (secondary N) is 1. The van der Waals surface area contributed by atoms with E-state index in [1.165, 1.54) is 11.1 Å². The predicted molar refractivity (Wildman–Crippen MR) is 85.7 cm³/mol. The Morgan fingerprint density at radius 3 is 2.21 bits per heavy atom. The van der Waals surface area contributed by atoms with E-state index in [1.54, 1.807) is 0 Å². The molecular formula is C16H19BrN2. The topological polar surface area (TPSA) is 15.3 Å². The lowest BCUT2D eigenvalue weighted by Gasteiger charge is -2.26. The zero-order valence-corrected chi connectivity index (χ0v) is 13.1. The van der Waals surface area contributed by atoms with Gasteiger partial charge in [-0.05, 0) is 49.5 Å². The Labute approximate surface area is 123 Å². The molecule has 100 valence electrons. The van der Waals surface area contributed by atoms with Crippen molar-refractivity contribution in [1.82, 2.24) is 4.90 Å². The van der Waals surface area contributed by atoms with Crippen LogP contribution in [0.15, 0.2) is 53.0 Å². The summed E-state index contributed by atoms with van der Waals surface area (Å²) >= 11 is 3.55. The van der Waals surface area contributed by atoms with Crippen LogP contribution in [0.5, 0.6) is 0 Å². The summed E-state index contributed by atoms with van der Waals surface area (Å²) in [5.74, 6) is 0. The summed E-state index contributed by atoms with van der Waals surface area (Å²) < 4.78 is 1.11. The molecule has 2 aromatic rings. The van der Waals surface area contributed by atoms with Crippen molar-refractivity contribution in [3.63, 3.8) is 0 Å². The molecular weight excluding hydrogens is 300 g/mol. The number of nitrogens with zero attached hydrogens (tertiary/aromatic N) is 1. The minimum absolute atomic E-state index is 0.255. The molecule has 0 fully saturated rings. The minimum atomic E-state index is 0.255. The molecule has 2 nitrogen and oxygen atoms in total. The van der Waals surface area contributed by atoms with Gasteiger partial charge in [0.2, 0.25) is 0 Å². The first-order valence-corrected chi connectivity index (χ1v) is 7.10. The normalized spacial score (nSPS) is 12.5. The first-order valence-electron chi connectivity index (χ1n) is 6.31. The zero-order chi connectivity index (χ0) is 13.8. The van der Waals surface area contributed by atoms with Gasteiger partial charge >= 0.3 is 0 Å². The third kappa shape index (κ3) is 3.37. The van der Waals surface area contributed by atoms with Crippen LogP contribution < -0.4 is 5.32 Å². The molecule has 0 amide bonds. The van der Waals surface area contributed by atoms with Crippen LogP contribution in [0.4, 0.5) is 5.69 Å². The third-order valence-corrected chi connectivity index (χ3v) is 3.67. The molecule has 3 heteroatoms. The van der Waals surface area contributed by atoms with Crippen molar-refractivity contribution >= 4 is 21.6 Å². The van der Waals surface area contributed by atoms with Crippen molar-refractivity contribution < 1.29 is 0 Å². The summed E-state index contributed by atoms with van der Waals surface area (Å²) in [4.78, 5) is 2.23. The Hall–Kier alpha value is -1.32. The lowest BCUT2D eigenvalue weighted by molar-refractivity contribution is 0.342. The second-order valence-electron chi connectivity index (χ2n) is 4.80. The summed E-state index contributed by atoms with van der Waals surface area (Å²) in [5, 5.41) is 3.20. The van der Waals surface area contributed by atoms with Gasteiger partial charge in [-0.3, -0.25) is 4.90 Å². The van der Waals surface area contributed by atoms with E-state index >= 15 is 0 Å². The van der Waals surface area contributed by atoms with Crippen LogP contribution >= 0.6 is 15.9 Å². The number of benzene rings is 2. The predicted octanol–water partition coefficient (Wildman–Crippen LogP) is 4.14. The molecule has 0 aliphatic heterocycles. The first kappa shape index (κ1) is 14.1. The first-order chi connectivity index (χ1) is 9.11. The molecule has 2 aromatic carbocycles. The average molecular weight is 319 g/mol. The van der Waals surface area contributed by atoms with E-state index in [9.17, 15) is 0 Å². The van der Waals surface area contributed by atoms with E-state index in [4.69, 9.17) is 0 Å². The fourth-order valence-electron chi connectivity index (χ4n) is 2.33. The maximum absolute atomic E-state index is 3.55. The van der Waals surface area contributed by atoms with Crippen molar-refractivity contribution in [2.75, 3.05) is 26.5 Å². The monoisotopic (exact) mass is 318 g/mol. The fourth-order valence-corrected chi connectivity index (χ4v) is 2.75. The molecule has 0 spiro atoms. The highest BCUT2D eigenvalue weighted by Crippen LogP contribution is 2.29. The van der Waals surface area contributed by atoms with Crippen LogP contribution in [0.3, 0.4) is 0 Å². The van der Waals surface area contributed by atoms with Crippen molar-refractivity contribution in [1.29, 1.82) is 0 Å². The molecule has 0 heterocycles. The molecule has 1 atom stereocenters. The number of hydrogen-bond acceptors (Lipinski definition) is 2. The number of halogens is 1. The van der Waals surface area contributed by atoms with Gasteiger partial charge in [0.25, 0.3) is 0 Å². The second-order valence-corrected chi connectivity index (χ2v) is 5.71. The van der Waals surface area contributed by atoms with Gasteiger partial charge < -0.3 is 5.32 Å². The molecule has 0 radical (unpaired) electrons. The van der Waals surface area contributed by atoms with Crippen molar-refractivity contribution in [2.24, 2.45) is 0 Å². The van der Waals surface area contributed by atoms with Crippen LogP contribution in [0.2, 0.25) is 0 Å². The number of hydrogen-bond donors (Lipinski definition) is 1. The van der Waals surface area contributed by atoms with Gasteiger partial charge in [-0.1, -0.05) is 40.2 Å². The van der Waals surface area contributed by atoms with Gasteiger partial charge in [-0.15, -0.1) is 0 Å². The Balaban J connectivity index is 2.45. The van der Waals surface area contributed by atoms with Gasteiger partial charge in [-0.25, -0.2) is 0 Å². The molecule has 0 aliphatic carbocycles. The lowest BCUT2D eigenvalue weighted by atomic mass is 9.97. The van der Waals surface area contributed by atoms with Gasteiger partial charge in [0.15, 0.2) is 0 Å². The van der Waals surface area contributed by atoms with E-state index in [0.717, 1.165) is 10.2 Å². The van der Waals surface area contributed by atoms with E-state index in [1.807, 2.05) is 7.05 Å². The number of rotatable bonds is 4. The SMILES string of the molecule is CNc1cccc(C(c2cccc(Br)c2)N(C)C)c1. The largest absolute Gasteiger partial charge is 0.388 e. The number of anilines is 1.